The van der Waals surface area contributed by atoms with Gasteiger partial charge in [-0.25, -0.2) is 0 Å². The van der Waals surface area contributed by atoms with E-state index >= 15 is 0 Å². The molecule has 3 nitrogen and oxygen atoms in total. The van der Waals surface area contributed by atoms with Gasteiger partial charge in [0.1, 0.15) is 5.75 Å². The van der Waals surface area contributed by atoms with Crippen molar-refractivity contribution in [1.82, 2.24) is 5.32 Å². The molecular formula is C14H21NO2. The maximum absolute atomic E-state index is 5.74. The van der Waals surface area contributed by atoms with Crippen molar-refractivity contribution >= 4 is 0 Å². The highest BCUT2D eigenvalue weighted by Crippen LogP contribution is 2.24. The molecule has 0 saturated carbocycles. The fourth-order valence-electron chi connectivity index (χ4n) is 2.23. The number of hydrogen-bond acceptors (Lipinski definition) is 3. The van der Waals surface area contributed by atoms with Crippen LogP contribution >= 0.6 is 0 Å². The number of rotatable bonds is 5. The van der Waals surface area contributed by atoms with Crippen molar-refractivity contribution in [2.24, 2.45) is 0 Å². The van der Waals surface area contributed by atoms with Crippen LogP contribution in [-0.2, 0) is 11.3 Å². The van der Waals surface area contributed by atoms with E-state index in [0.717, 1.165) is 31.9 Å². The van der Waals surface area contributed by atoms with E-state index in [1.54, 1.807) is 7.11 Å². The second-order valence-electron chi connectivity index (χ2n) is 4.86. The molecule has 0 bridgehead atoms. The van der Waals surface area contributed by atoms with Crippen LogP contribution < -0.4 is 10.1 Å². The molecule has 1 aliphatic rings. The van der Waals surface area contributed by atoms with Crippen molar-refractivity contribution in [3.05, 3.63) is 29.8 Å². The third-order valence-electron chi connectivity index (χ3n) is 3.26. The Bertz CT molecular complexity index is 359. The number of hydrogen-bond donors (Lipinski definition) is 1. The Labute approximate surface area is 103 Å². The van der Waals surface area contributed by atoms with E-state index in [1.165, 1.54) is 12.0 Å². The highest BCUT2D eigenvalue weighted by molar-refractivity contribution is 5.28. The van der Waals surface area contributed by atoms with Crippen LogP contribution in [0.4, 0.5) is 0 Å². The van der Waals surface area contributed by atoms with Crippen molar-refractivity contribution in [2.75, 3.05) is 20.3 Å². The molecule has 1 unspecified atom stereocenters. The zero-order chi connectivity index (χ0) is 12.1. The highest BCUT2D eigenvalue weighted by atomic mass is 16.5. The lowest BCUT2D eigenvalue weighted by molar-refractivity contribution is 0.0207. The molecule has 1 atom stereocenters. The highest BCUT2D eigenvalue weighted by Gasteiger charge is 2.28. The van der Waals surface area contributed by atoms with E-state index < -0.39 is 0 Å². The molecule has 0 radical (unpaired) electrons. The minimum atomic E-state index is 0.0267. The van der Waals surface area contributed by atoms with Gasteiger partial charge in [0.15, 0.2) is 0 Å². The largest absolute Gasteiger partial charge is 0.497 e. The van der Waals surface area contributed by atoms with Gasteiger partial charge in [-0.1, -0.05) is 12.1 Å². The summed E-state index contributed by atoms with van der Waals surface area (Å²) >= 11 is 0. The van der Waals surface area contributed by atoms with E-state index in [2.05, 4.69) is 24.4 Å². The molecule has 17 heavy (non-hydrogen) atoms. The lowest BCUT2D eigenvalue weighted by Gasteiger charge is -2.23. The molecule has 0 aliphatic carbocycles. The van der Waals surface area contributed by atoms with Crippen molar-refractivity contribution in [3.63, 3.8) is 0 Å². The predicted molar refractivity (Wildman–Crippen MR) is 68.3 cm³/mol. The van der Waals surface area contributed by atoms with E-state index in [0.29, 0.717) is 0 Å². The summed E-state index contributed by atoms with van der Waals surface area (Å²) in [4.78, 5) is 0. The molecule has 1 fully saturated rings. The summed E-state index contributed by atoms with van der Waals surface area (Å²) in [5.74, 6) is 0.910. The molecule has 94 valence electrons. The van der Waals surface area contributed by atoms with Crippen LogP contribution in [0, 0.1) is 0 Å². The molecule has 1 saturated heterocycles. The Balaban J connectivity index is 1.81. The molecule has 1 heterocycles. The summed E-state index contributed by atoms with van der Waals surface area (Å²) in [6.07, 6.45) is 2.33. The fourth-order valence-corrected chi connectivity index (χ4v) is 2.23. The van der Waals surface area contributed by atoms with Crippen LogP contribution in [0.2, 0.25) is 0 Å². The van der Waals surface area contributed by atoms with Crippen LogP contribution in [0.25, 0.3) is 0 Å². The average molecular weight is 235 g/mol. The molecule has 0 spiro atoms. The second kappa shape index (κ2) is 5.52. The van der Waals surface area contributed by atoms with Crippen molar-refractivity contribution in [3.8, 4) is 5.75 Å². The van der Waals surface area contributed by atoms with Gasteiger partial charge in [0.25, 0.3) is 0 Å². The summed E-state index contributed by atoms with van der Waals surface area (Å²) in [5, 5.41) is 3.45. The molecule has 1 N–H and O–H groups in total. The van der Waals surface area contributed by atoms with Gasteiger partial charge in [0, 0.05) is 19.7 Å². The zero-order valence-electron chi connectivity index (χ0n) is 10.7. The van der Waals surface area contributed by atoms with Crippen LogP contribution in [0.1, 0.15) is 25.3 Å². The number of methoxy groups -OCH3 is 1. The maximum atomic E-state index is 5.74. The topological polar surface area (TPSA) is 30.5 Å². The number of nitrogens with one attached hydrogen (secondary N) is 1. The van der Waals surface area contributed by atoms with Crippen LogP contribution in [-0.4, -0.2) is 25.9 Å². The molecule has 3 heteroatoms. The number of ether oxygens (including phenoxy) is 2. The van der Waals surface area contributed by atoms with Gasteiger partial charge in [-0.15, -0.1) is 0 Å². The van der Waals surface area contributed by atoms with E-state index in [4.69, 9.17) is 9.47 Å². The molecular weight excluding hydrogens is 214 g/mol. The van der Waals surface area contributed by atoms with Crippen LogP contribution in [0.3, 0.4) is 0 Å². The predicted octanol–water partition coefficient (Wildman–Crippen LogP) is 2.35. The maximum Gasteiger partial charge on any atom is 0.119 e. The first-order valence-electron chi connectivity index (χ1n) is 6.19. The van der Waals surface area contributed by atoms with E-state index in [9.17, 15) is 0 Å². The molecule has 1 aromatic carbocycles. The van der Waals surface area contributed by atoms with Gasteiger partial charge in [-0.3, -0.25) is 0 Å². The van der Waals surface area contributed by atoms with E-state index in [-0.39, 0.29) is 5.60 Å². The third-order valence-corrected chi connectivity index (χ3v) is 3.26. The quantitative estimate of drug-likeness (QED) is 0.850. The lowest BCUT2D eigenvalue weighted by atomic mass is 10.0. The van der Waals surface area contributed by atoms with Crippen molar-refractivity contribution in [2.45, 2.75) is 31.9 Å². The van der Waals surface area contributed by atoms with Gasteiger partial charge in [-0.2, -0.15) is 0 Å². The SMILES string of the molecule is COc1cccc(CNCC2(C)CCCO2)c1. The number of benzene rings is 1. The Kier molecular flexibility index (Phi) is 4.02. The van der Waals surface area contributed by atoms with Crippen molar-refractivity contribution < 1.29 is 9.47 Å². The second-order valence-corrected chi connectivity index (χ2v) is 4.86. The normalized spacial score (nSPS) is 23.9. The molecule has 0 aromatic heterocycles. The first kappa shape index (κ1) is 12.4. The standard InChI is InChI=1S/C14H21NO2/c1-14(7-4-8-17-14)11-15-10-12-5-3-6-13(9-12)16-2/h3,5-6,9,15H,4,7-8,10-11H2,1-2H3. The van der Waals surface area contributed by atoms with Gasteiger partial charge in [-0.05, 0) is 37.5 Å². The molecule has 0 amide bonds. The van der Waals surface area contributed by atoms with Gasteiger partial charge in [0.05, 0.1) is 12.7 Å². The average Bonchev–Trinajstić information content (AvgIpc) is 2.77. The lowest BCUT2D eigenvalue weighted by Crippen LogP contribution is -2.36. The Morgan fingerprint density at radius 3 is 3.06 bits per heavy atom. The summed E-state index contributed by atoms with van der Waals surface area (Å²) < 4.78 is 10.9. The summed E-state index contributed by atoms with van der Waals surface area (Å²) in [6.45, 7) is 4.84. The zero-order valence-corrected chi connectivity index (χ0v) is 10.7. The fraction of sp³-hybridized carbons (Fsp3) is 0.571. The Hall–Kier alpha value is -1.06. The van der Waals surface area contributed by atoms with Crippen molar-refractivity contribution in [1.29, 1.82) is 0 Å². The molecule has 2 rings (SSSR count). The van der Waals surface area contributed by atoms with Crippen LogP contribution in [0.5, 0.6) is 5.75 Å². The minimum Gasteiger partial charge on any atom is -0.497 e. The van der Waals surface area contributed by atoms with Gasteiger partial charge in [0.2, 0.25) is 0 Å². The first-order valence-corrected chi connectivity index (χ1v) is 6.19. The summed E-state index contributed by atoms with van der Waals surface area (Å²) in [5.41, 5.74) is 1.27. The summed E-state index contributed by atoms with van der Waals surface area (Å²) in [6, 6.07) is 8.15. The van der Waals surface area contributed by atoms with Gasteiger partial charge < -0.3 is 14.8 Å². The van der Waals surface area contributed by atoms with Crippen LogP contribution in [0.15, 0.2) is 24.3 Å². The minimum absolute atomic E-state index is 0.0267. The molecule has 1 aromatic rings. The van der Waals surface area contributed by atoms with E-state index in [1.807, 2.05) is 12.1 Å². The monoisotopic (exact) mass is 235 g/mol. The van der Waals surface area contributed by atoms with Gasteiger partial charge >= 0.3 is 0 Å². The smallest absolute Gasteiger partial charge is 0.119 e. The third kappa shape index (κ3) is 3.45. The first-order chi connectivity index (χ1) is 8.22. The Morgan fingerprint density at radius 2 is 2.35 bits per heavy atom. The molecule has 1 aliphatic heterocycles. The Morgan fingerprint density at radius 1 is 1.47 bits per heavy atom. The summed E-state index contributed by atoms with van der Waals surface area (Å²) in [7, 11) is 1.69.